The van der Waals surface area contributed by atoms with Crippen LogP contribution in [0, 0.1) is 6.92 Å². The molecule has 0 unspecified atom stereocenters. The molecule has 0 aromatic heterocycles. The summed E-state index contributed by atoms with van der Waals surface area (Å²) < 4.78 is 5.66. The maximum absolute atomic E-state index is 12.3. The lowest BCUT2D eigenvalue weighted by atomic mass is 10.1. The third kappa shape index (κ3) is 3.99. The van der Waals surface area contributed by atoms with Gasteiger partial charge in [-0.1, -0.05) is 12.1 Å². The van der Waals surface area contributed by atoms with Crippen LogP contribution in [0.2, 0.25) is 0 Å². The second-order valence-electron chi connectivity index (χ2n) is 6.40. The molecule has 1 heterocycles. The van der Waals surface area contributed by atoms with Gasteiger partial charge in [0.2, 0.25) is 0 Å². The molecular weight excluding hydrogens is 278 g/mol. The first-order valence-electron chi connectivity index (χ1n) is 7.81. The van der Waals surface area contributed by atoms with E-state index in [-0.39, 0.29) is 12.1 Å². The van der Waals surface area contributed by atoms with Crippen molar-refractivity contribution in [1.29, 1.82) is 0 Å². The Labute approximate surface area is 133 Å². The average Bonchev–Trinajstić information content (AvgIpc) is 2.37. The van der Waals surface area contributed by atoms with E-state index in [1.807, 2.05) is 58.0 Å². The van der Waals surface area contributed by atoms with Crippen LogP contribution in [0.4, 0.5) is 10.5 Å². The van der Waals surface area contributed by atoms with Crippen molar-refractivity contribution < 1.29 is 9.53 Å². The van der Waals surface area contributed by atoms with Gasteiger partial charge >= 0.3 is 6.03 Å². The highest BCUT2D eigenvalue weighted by molar-refractivity contribution is 5.91. The van der Waals surface area contributed by atoms with E-state index < -0.39 is 0 Å². The lowest BCUT2D eigenvalue weighted by Crippen LogP contribution is -2.60. The highest BCUT2D eigenvalue weighted by atomic mass is 16.5. The summed E-state index contributed by atoms with van der Waals surface area (Å²) in [4.78, 5) is 16.2. The summed E-state index contributed by atoms with van der Waals surface area (Å²) in [6, 6.07) is 6.38. The predicted molar refractivity (Wildman–Crippen MR) is 89.2 cm³/mol. The lowest BCUT2D eigenvalue weighted by Gasteiger charge is -2.42. The van der Waals surface area contributed by atoms with Gasteiger partial charge in [0, 0.05) is 24.8 Å². The largest absolute Gasteiger partial charge is 0.374 e. The number of anilines is 1. The number of likely N-dealkylation sites (tertiary alicyclic amines) is 1. The summed E-state index contributed by atoms with van der Waals surface area (Å²) in [5.74, 6) is 0. The summed E-state index contributed by atoms with van der Waals surface area (Å²) >= 11 is 0. The van der Waals surface area contributed by atoms with Gasteiger partial charge in [0.15, 0.2) is 0 Å². The molecule has 0 bridgehead atoms. The summed E-state index contributed by atoms with van der Waals surface area (Å²) in [6.07, 6.45) is 0.196. The molecule has 0 atom stereocenters. The zero-order chi connectivity index (χ0) is 16.3. The van der Waals surface area contributed by atoms with Gasteiger partial charge in [-0.3, -0.25) is 0 Å². The molecule has 2 amide bonds. The van der Waals surface area contributed by atoms with Crippen molar-refractivity contribution in [3.8, 4) is 0 Å². The van der Waals surface area contributed by atoms with Crippen molar-refractivity contribution in [3.63, 3.8) is 0 Å². The normalized spacial score (nSPS) is 15.3. The van der Waals surface area contributed by atoms with Gasteiger partial charge in [-0.2, -0.15) is 0 Å². The Kier molecular flexibility index (Phi) is 5.42. The summed E-state index contributed by atoms with van der Waals surface area (Å²) in [6.45, 7) is 8.20. The Bertz CT molecular complexity index is 523. The number of urea groups is 1. The second kappa shape index (κ2) is 7.11. The fourth-order valence-electron chi connectivity index (χ4n) is 2.37. The van der Waals surface area contributed by atoms with Crippen LogP contribution in [-0.2, 0) is 11.3 Å². The first-order chi connectivity index (χ1) is 10.4. The lowest BCUT2D eigenvalue weighted by molar-refractivity contribution is 0.0654. The Morgan fingerprint density at radius 1 is 1.41 bits per heavy atom. The molecule has 1 aliphatic rings. The van der Waals surface area contributed by atoms with Gasteiger partial charge in [-0.25, -0.2) is 4.79 Å². The van der Waals surface area contributed by atoms with Crippen LogP contribution < -0.4 is 5.32 Å². The molecule has 1 saturated heterocycles. The molecule has 1 aliphatic heterocycles. The van der Waals surface area contributed by atoms with Crippen LogP contribution in [-0.4, -0.2) is 55.2 Å². The maximum Gasteiger partial charge on any atom is 0.321 e. The minimum Gasteiger partial charge on any atom is -0.374 e. The van der Waals surface area contributed by atoms with Gasteiger partial charge in [-0.15, -0.1) is 0 Å². The van der Waals surface area contributed by atoms with E-state index in [2.05, 4.69) is 10.2 Å². The molecule has 1 aromatic rings. The Hall–Kier alpha value is -1.59. The molecule has 122 valence electrons. The highest BCUT2D eigenvalue weighted by Gasteiger charge is 2.32. The average molecular weight is 305 g/mol. The molecular formula is C17H27N3O2. The van der Waals surface area contributed by atoms with E-state index in [1.165, 1.54) is 0 Å². The van der Waals surface area contributed by atoms with E-state index in [0.29, 0.717) is 12.6 Å². The third-order valence-electron chi connectivity index (χ3n) is 4.14. The van der Waals surface area contributed by atoms with Crippen molar-refractivity contribution in [2.75, 3.05) is 32.5 Å². The first kappa shape index (κ1) is 16.8. The van der Waals surface area contributed by atoms with Crippen LogP contribution >= 0.6 is 0 Å². The quantitative estimate of drug-likeness (QED) is 0.909. The number of amides is 2. The van der Waals surface area contributed by atoms with Gasteiger partial charge in [0.1, 0.15) is 0 Å². The van der Waals surface area contributed by atoms with Crippen molar-refractivity contribution in [2.24, 2.45) is 0 Å². The minimum atomic E-state index is -0.0249. The number of rotatable bonds is 5. The molecule has 0 spiro atoms. The van der Waals surface area contributed by atoms with Gasteiger partial charge in [0.25, 0.3) is 0 Å². The fourth-order valence-corrected chi connectivity index (χ4v) is 2.37. The number of likely N-dealkylation sites (N-methyl/N-ethyl adjacent to an activating group) is 1. The molecule has 5 heteroatoms. The molecule has 5 nitrogen and oxygen atoms in total. The first-order valence-corrected chi connectivity index (χ1v) is 7.81. The van der Waals surface area contributed by atoms with Crippen molar-refractivity contribution in [3.05, 3.63) is 29.3 Å². The van der Waals surface area contributed by atoms with E-state index in [4.69, 9.17) is 4.74 Å². The number of benzene rings is 1. The monoisotopic (exact) mass is 305 g/mol. The number of hydrogen-bond acceptors (Lipinski definition) is 3. The number of nitrogens with zero attached hydrogens (tertiary/aromatic N) is 2. The molecule has 0 radical (unpaired) electrons. The molecule has 1 fully saturated rings. The molecule has 22 heavy (non-hydrogen) atoms. The van der Waals surface area contributed by atoms with Gasteiger partial charge < -0.3 is 19.9 Å². The number of hydrogen-bond donors (Lipinski definition) is 1. The smallest absolute Gasteiger partial charge is 0.321 e. The topological polar surface area (TPSA) is 44.8 Å². The fraction of sp³-hybridized carbons (Fsp3) is 0.588. The second-order valence-corrected chi connectivity index (χ2v) is 6.40. The number of nitrogens with one attached hydrogen (secondary N) is 1. The van der Waals surface area contributed by atoms with Gasteiger partial charge in [-0.05, 0) is 52.1 Å². The van der Waals surface area contributed by atoms with Crippen molar-refractivity contribution in [2.45, 2.75) is 39.5 Å². The Balaban J connectivity index is 1.95. The van der Waals surface area contributed by atoms with E-state index in [1.54, 1.807) is 0 Å². The Morgan fingerprint density at radius 3 is 2.68 bits per heavy atom. The van der Waals surface area contributed by atoms with E-state index in [9.17, 15) is 4.79 Å². The van der Waals surface area contributed by atoms with Crippen molar-refractivity contribution >= 4 is 11.7 Å². The predicted octanol–water partition coefficient (Wildman–Crippen LogP) is 2.70. The highest BCUT2D eigenvalue weighted by Crippen LogP contribution is 2.22. The molecule has 2 rings (SSSR count). The van der Waals surface area contributed by atoms with Crippen LogP contribution in [0.3, 0.4) is 0 Å². The van der Waals surface area contributed by atoms with Crippen LogP contribution in [0.5, 0.6) is 0 Å². The summed E-state index contributed by atoms with van der Waals surface area (Å²) in [5.41, 5.74) is 3.05. The SMILES string of the molecule is Cc1c(COC(C)C)cccc1NC(=O)N1CC(N(C)C)C1. The van der Waals surface area contributed by atoms with Gasteiger partial charge in [0.05, 0.1) is 12.7 Å². The summed E-state index contributed by atoms with van der Waals surface area (Å²) in [5, 5.41) is 3.01. The van der Waals surface area contributed by atoms with E-state index >= 15 is 0 Å². The van der Waals surface area contributed by atoms with E-state index in [0.717, 1.165) is 29.9 Å². The zero-order valence-electron chi connectivity index (χ0n) is 14.2. The Morgan fingerprint density at radius 2 is 2.09 bits per heavy atom. The standard InChI is InChI=1S/C17H27N3O2/c1-12(2)22-11-14-7-6-8-16(13(14)3)18-17(21)20-9-15(10-20)19(4)5/h6-8,12,15H,9-11H2,1-5H3,(H,18,21). The van der Waals surface area contributed by atoms with Crippen LogP contribution in [0.15, 0.2) is 18.2 Å². The number of ether oxygens (including phenoxy) is 1. The molecule has 0 saturated carbocycles. The summed E-state index contributed by atoms with van der Waals surface area (Å²) in [7, 11) is 4.09. The zero-order valence-corrected chi connectivity index (χ0v) is 14.2. The van der Waals surface area contributed by atoms with Crippen molar-refractivity contribution in [1.82, 2.24) is 9.80 Å². The van der Waals surface area contributed by atoms with Crippen LogP contribution in [0.25, 0.3) is 0 Å². The molecule has 1 N–H and O–H groups in total. The maximum atomic E-state index is 12.3. The molecule has 0 aliphatic carbocycles. The number of carbonyl (C=O) groups excluding carboxylic acids is 1. The minimum absolute atomic E-state index is 0.0249. The van der Waals surface area contributed by atoms with Crippen LogP contribution in [0.1, 0.15) is 25.0 Å². The number of carbonyl (C=O) groups is 1. The molecule has 1 aromatic carbocycles. The third-order valence-corrected chi connectivity index (χ3v) is 4.14.